The summed E-state index contributed by atoms with van der Waals surface area (Å²) in [4.78, 5) is 20.3. The van der Waals surface area contributed by atoms with Crippen molar-refractivity contribution < 1.29 is 9.90 Å². The summed E-state index contributed by atoms with van der Waals surface area (Å²) in [6.07, 6.45) is 7.61. The fraction of sp³-hybridized carbons (Fsp3) is 0.257. The summed E-state index contributed by atoms with van der Waals surface area (Å²) < 4.78 is 1.74. The number of anilines is 1. The van der Waals surface area contributed by atoms with Crippen molar-refractivity contribution in [3.05, 3.63) is 130 Å². The number of pyridine rings is 1. The van der Waals surface area contributed by atoms with Gasteiger partial charge in [-0.2, -0.15) is 5.10 Å². The first-order chi connectivity index (χ1) is 21.6. The Morgan fingerprint density at radius 1 is 0.956 bits per heavy atom. The van der Waals surface area contributed by atoms with Gasteiger partial charge in [-0.05, 0) is 84.2 Å². The van der Waals surface area contributed by atoms with E-state index in [1.54, 1.807) is 29.3 Å². The number of hydrogen-bond acceptors (Lipinski definition) is 5. The summed E-state index contributed by atoms with van der Waals surface area (Å²) in [5.74, 6) is -0.0996. The van der Waals surface area contributed by atoms with Gasteiger partial charge in [0.15, 0.2) is 0 Å². The number of para-hydroxylation sites is 1. The largest absolute Gasteiger partial charge is 0.387 e. The molecule has 232 valence electrons. The van der Waals surface area contributed by atoms with Crippen LogP contribution >= 0.6 is 34.8 Å². The topological polar surface area (TPSA) is 92.9 Å². The van der Waals surface area contributed by atoms with E-state index in [1.165, 1.54) is 11.9 Å². The number of benzene rings is 3. The van der Waals surface area contributed by atoms with Gasteiger partial charge in [-0.15, -0.1) is 0 Å². The zero-order valence-corrected chi connectivity index (χ0v) is 27.3. The molecule has 0 bridgehead atoms. The van der Waals surface area contributed by atoms with Crippen molar-refractivity contribution in [1.82, 2.24) is 19.7 Å². The summed E-state index contributed by atoms with van der Waals surface area (Å²) >= 11 is 17.9. The molecular weight excluding hydrogens is 629 g/mol. The predicted octanol–water partition coefficient (Wildman–Crippen LogP) is 8.65. The van der Waals surface area contributed by atoms with Crippen LogP contribution in [0.2, 0.25) is 15.2 Å². The molecule has 2 heterocycles. The fourth-order valence-electron chi connectivity index (χ4n) is 5.84. The second-order valence-corrected chi connectivity index (χ2v) is 13.0. The highest BCUT2D eigenvalue weighted by molar-refractivity contribution is 6.33. The molecule has 2 unspecified atom stereocenters. The lowest BCUT2D eigenvalue weighted by Gasteiger charge is -2.40. The molecule has 3 aromatic carbocycles. The molecule has 1 saturated carbocycles. The zero-order valence-electron chi connectivity index (χ0n) is 25.0. The van der Waals surface area contributed by atoms with E-state index < -0.39 is 5.60 Å². The first kappa shape index (κ1) is 32.6. The Kier molecular flexibility index (Phi) is 10.2. The molecule has 2 atom stereocenters. The molecule has 0 spiro atoms. The van der Waals surface area contributed by atoms with E-state index in [4.69, 9.17) is 34.8 Å². The van der Waals surface area contributed by atoms with Crippen molar-refractivity contribution in [1.29, 1.82) is 0 Å². The van der Waals surface area contributed by atoms with Gasteiger partial charge < -0.3 is 10.4 Å². The van der Waals surface area contributed by atoms with Gasteiger partial charge in [0.2, 0.25) is 0 Å². The Labute approximate surface area is 278 Å². The molecule has 5 aromatic rings. The maximum Gasteiger partial charge on any atom is 0.258 e. The number of halogens is 3. The quantitative estimate of drug-likeness (QED) is 0.170. The number of nitrogens with zero attached hydrogens (tertiary/aromatic N) is 4. The summed E-state index contributed by atoms with van der Waals surface area (Å²) in [5, 5.41) is 20.1. The molecular formula is C35H34Cl3N5O2. The van der Waals surface area contributed by atoms with Crippen LogP contribution in [0.4, 0.5) is 5.69 Å². The second kappa shape index (κ2) is 14.1. The van der Waals surface area contributed by atoms with Crippen molar-refractivity contribution in [2.75, 3.05) is 5.32 Å². The average Bonchev–Trinajstić information content (AvgIpc) is 3.61. The molecule has 1 aliphatic rings. The van der Waals surface area contributed by atoms with Gasteiger partial charge in [0.25, 0.3) is 5.91 Å². The number of aromatic nitrogens is 4. The minimum Gasteiger partial charge on any atom is -0.387 e. The van der Waals surface area contributed by atoms with Crippen LogP contribution in [0.15, 0.2) is 104 Å². The smallest absolute Gasteiger partial charge is 0.258 e. The van der Waals surface area contributed by atoms with Gasteiger partial charge in [0.1, 0.15) is 17.8 Å². The van der Waals surface area contributed by atoms with E-state index in [1.807, 2.05) is 72.8 Å². The van der Waals surface area contributed by atoms with E-state index in [0.29, 0.717) is 22.8 Å². The van der Waals surface area contributed by atoms with Crippen molar-refractivity contribution in [2.24, 2.45) is 11.3 Å². The highest BCUT2D eigenvalue weighted by Gasteiger charge is 2.54. The molecule has 2 N–H and O–H groups in total. The molecule has 6 rings (SSSR count). The first-order valence-electron chi connectivity index (χ1n) is 14.6. The van der Waals surface area contributed by atoms with E-state index in [0.717, 1.165) is 35.4 Å². The Morgan fingerprint density at radius 2 is 1.64 bits per heavy atom. The molecule has 45 heavy (non-hydrogen) atoms. The van der Waals surface area contributed by atoms with Gasteiger partial charge in [-0.1, -0.05) is 91.1 Å². The third kappa shape index (κ3) is 7.74. The lowest BCUT2D eigenvalue weighted by atomic mass is 9.72. The summed E-state index contributed by atoms with van der Waals surface area (Å²) in [5.41, 5.74) is 3.17. The van der Waals surface area contributed by atoms with Crippen molar-refractivity contribution in [3.63, 3.8) is 0 Å². The highest BCUT2D eigenvalue weighted by atomic mass is 35.5. The van der Waals surface area contributed by atoms with Crippen LogP contribution in [-0.4, -0.2) is 36.4 Å². The predicted molar refractivity (Wildman–Crippen MR) is 181 cm³/mol. The first-order valence-corrected chi connectivity index (χ1v) is 15.8. The molecule has 1 aliphatic carbocycles. The van der Waals surface area contributed by atoms with Gasteiger partial charge in [0.05, 0.1) is 17.7 Å². The standard InChI is InChI=1S/C18H12Cl2N2O.C17H22ClN3O/c19-13-9-7-12(8-10-13)14-4-1-2-6-16(14)22-18(23)15-5-3-11-21-17(15)20;1-16(2)8-7-14(9-13-3-5-15(18)6-4-13)17(16,22)10-21-12-19-11-20-21/h1-11H,(H,22,23);3-6,11-12,14,22H,7-10H2,1-2H3. The summed E-state index contributed by atoms with van der Waals surface area (Å²) in [6.45, 7) is 4.77. The van der Waals surface area contributed by atoms with Crippen LogP contribution in [0.1, 0.15) is 42.6 Å². The van der Waals surface area contributed by atoms with E-state index >= 15 is 0 Å². The Balaban J connectivity index is 0.000000178. The molecule has 7 nitrogen and oxygen atoms in total. The number of hydrogen-bond donors (Lipinski definition) is 2. The summed E-state index contributed by atoms with van der Waals surface area (Å²) in [6, 6.07) is 26.2. The van der Waals surface area contributed by atoms with Crippen LogP contribution in [0.3, 0.4) is 0 Å². The van der Waals surface area contributed by atoms with E-state index in [-0.39, 0.29) is 22.4 Å². The molecule has 1 amide bonds. The van der Waals surface area contributed by atoms with Gasteiger partial charge in [-0.3, -0.25) is 9.48 Å². The Hall–Kier alpha value is -3.75. The minimum absolute atomic E-state index is 0.143. The van der Waals surface area contributed by atoms with E-state index in [9.17, 15) is 9.90 Å². The third-order valence-corrected chi connectivity index (χ3v) is 9.37. The molecule has 0 radical (unpaired) electrons. The van der Waals surface area contributed by atoms with Crippen LogP contribution in [0.25, 0.3) is 11.1 Å². The average molecular weight is 663 g/mol. The van der Waals surface area contributed by atoms with Gasteiger partial charge in [0, 0.05) is 27.5 Å². The minimum atomic E-state index is -0.791. The van der Waals surface area contributed by atoms with Crippen molar-refractivity contribution in [3.8, 4) is 11.1 Å². The SMILES string of the molecule is CC1(C)CCC(Cc2ccc(Cl)cc2)C1(O)Cn1cncn1.O=C(Nc1ccccc1-c1ccc(Cl)cc1)c1cccnc1Cl. The lowest BCUT2D eigenvalue weighted by molar-refractivity contribution is -0.0907. The van der Waals surface area contributed by atoms with Crippen LogP contribution in [0.5, 0.6) is 0 Å². The number of aliphatic hydroxyl groups is 1. The lowest BCUT2D eigenvalue weighted by Crippen LogP contribution is -2.49. The number of carbonyl (C=O) groups is 1. The van der Waals surface area contributed by atoms with E-state index in [2.05, 4.69) is 34.2 Å². The van der Waals surface area contributed by atoms with Crippen molar-refractivity contribution in [2.45, 2.75) is 45.3 Å². The molecule has 10 heteroatoms. The number of rotatable bonds is 7. The molecule has 1 fully saturated rings. The number of nitrogens with one attached hydrogen (secondary N) is 1. The number of amides is 1. The second-order valence-electron chi connectivity index (χ2n) is 11.8. The van der Waals surface area contributed by atoms with Gasteiger partial charge in [-0.25, -0.2) is 9.97 Å². The van der Waals surface area contributed by atoms with Crippen LogP contribution in [-0.2, 0) is 13.0 Å². The number of carbonyl (C=O) groups excluding carboxylic acids is 1. The van der Waals surface area contributed by atoms with Crippen LogP contribution in [0, 0.1) is 11.3 Å². The molecule has 0 saturated heterocycles. The van der Waals surface area contributed by atoms with Crippen molar-refractivity contribution >= 4 is 46.4 Å². The third-order valence-electron chi connectivity index (χ3n) is 8.56. The fourth-order valence-corrected chi connectivity index (χ4v) is 6.30. The molecule has 2 aromatic heterocycles. The highest BCUT2D eigenvalue weighted by Crippen LogP contribution is 2.51. The maximum atomic E-state index is 12.4. The van der Waals surface area contributed by atoms with Gasteiger partial charge >= 0.3 is 0 Å². The Bertz CT molecular complexity index is 1730. The zero-order chi connectivity index (χ0) is 32.0. The normalized spacial score (nSPS) is 18.6. The monoisotopic (exact) mass is 661 g/mol. The summed E-state index contributed by atoms with van der Waals surface area (Å²) in [7, 11) is 0. The molecule has 0 aliphatic heterocycles. The maximum absolute atomic E-state index is 12.4. The Morgan fingerprint density at radius 3 is 2.31 bits per heavy atom. The van der Waals surface area contributed by atoms with Crippen LogP contribution < -0.4 is 5.32 Å².